The van der Waals surface area contributed by atoms with Gasteiger partial charge in [-0.3, -0.25) is 0 Å². The molecule has 0 N–H and O–H groups in total. The van der Waals surface area contributed by atoms with Crippen LogP contribution in [0.5, 0.6) is 0 Å². The summed E-state index contributed by atoms with van der Waals surface area (Å²) in [6.07, 6.45) is 4.73. The van der Waals surface area contributed by atoms with E-state index in [9.17, 15) is 4.79 Å². The molecular formula is C9H14O2V. The van der Waals surface area contributed by atoms with E-state index in [1.807, 2.05) is 19.1 Å². The Morgan fingerprint density at radius 3 is 2.50 bits per heavy atom. The Bertz CT molecular complexity index is 173. The molecule has 0 aromatic heterocycles. The van der Waals surface area contributed by atoms with Gasteiger partial charge in [-0.05, 0) is 13.3 Å². The Labute approximate surface area is 85.6 Å². The fourth-order valence-corrected chi connectivity index (χ4v) is 0.482. The van der Waals surface area contributed by atoms with Crippen molar-refractivity contribution in [2.45, 2.75) is 20.3 Å². The maximum absolute atomic E-state index is 10.8. The van der Waals surface area contributed by atoms with Gasteiger partial charge in [0.15, 0.2) is 0 Å². The van der Waals surface area contributed by atoms with E-state index in [-0.39, 0.29) is 24.5 Å². The molecule has 0 atom stereocenters. The van der Waals surface area contributed by atoms with Crippen LogP contribution in [0.1, 0.15) is 20.3 Å². The standard InChI is InChI=1S/C9H14O2.V/c1-4-5-6-7-11-9(10)8(2)3;/h5-6H,2,4,7H2,1,3H3;. The summed E-state index contributed by atoms with van der Waals surface area (Å²) in [6, 6.07) is 0. The Hall–Kier alpha value is -0.466. The van der Waals surface area contributed by atoms with Gasteiger partial charge in [0.2, 0.25) is 0 Å². The van der Waals surface area contributed by atoms with Crippen LogP contribution in [0.15, 0.2) is 24.3 Å². The van der Waals surface area contributed by atoms with Gasteiger partial charge in [0, 0.05) is 24.1 Å². The number of ether oxygens (including phenoxy) is 1. The third-order valence-electron chi connectivity index (χ3n) is 1.06. The predicted octanol–water partition coefficient (Wildman–Crippen LogP) is 2.07. The minimum Gasteiger partial charge on any atom is -0.458 e. The number of hydrogen-bond donors (Lipinski definition) is 0. The Morgan fingerprint density at radius 2 is 2.08 bits per heavy atom. The summed E-state index contributed by atoms with van der Waals surface area (Å²) in [5.41, 5.74) is 0.440. The van der Waals surface area contributed by atoms with Gasteiger partial charge in [-0.1, -0.05) is 25.7 Å². The molecule has 0 rings (SSSR count). The average molecular weight is 205 g/mol. The van der Waals surface area contributed by atoms with Crippen LogP contribution in [0.4, 0.5) is 0 Å². The molecule has 0 aliphatic carbocycles. The van der Waals surface area contributed by atoms with Gasteiger partial charge in [0.25, 0.3) is 0 Å². The van der Waals surface area contributed by atoms with E-state index < -0.39 is 0 Å². The van der Waals surface area contributed by atoms with E-state index in [1.165, 1.54) is 0 Å². The zero-order chi connectivity index (χ0) is 8.69. The van der Waals surface area contributed by atoms with Crippen molar-refractivity contribution in [3.63, 3.8) is 0 Å². The van der Waals surface area contributed by atoms with Crippen molar-refractivity contribution in [1.29, 1.82) is 0 Å². The summed E-state index contributed by atoms with van der Waals surface area (Å²) >= 11 is 0. The van der Waals surface area contributed by atoms with Crippen LogP contribution in [0, 0.1) is 0 Å². The Morgan fingerprint density at radius 1 is 1.50 bits per heavy atom. The molecular weight excluding hydrogens is 191 g/mol. The topological polar surface area (TPSA) is 26.3 Å². The number of hydrogen-bond acceptors (Lipinski definition) is 2. The molecule has 0 heterocycles. The van der Waals surface area contributed by atoms with Crippen molar-refractivity contribution in [2.24, 2.45) is 0 Å². The Kier molecular flexibility index (Phi) is 10.1. The van der Waals surface area contributed by atoms with Gasteiger partial charge < -0.3 is 4.74 Å². The van der Waals surface area contributed by atoms with E-state index in [1.54, 1.807) is 6.92 Å². The third-order valence-corrected chi connectivity index (χ3v) is 1.06. The molecule has 1 radical (unpaired) electrons. The zero-order valence-electron chi connectivity index (χ0n) is 7.54. The first-order chi connectivity index (χ1) is 5.18. The van der Waals surface area contributed by atoms with Crippen molar-refractivity contribution in [1.82, 2.24) is 0 Å². The molecule has 0 aliphatic heterocycles. The number of esters is 1. The van der Waals surface area contributed by atoms with Gasteiger partial charge in [-0.15, -0.1) is 0 Å². The molecule has 0 fully saturated rings. The number of carbonyl (C=O) groups excluding carboxylic acids is 1. The van der Waals surface area contributed by atoms with E-state index in [0.717, 1.165) is 6.42 Å². The maximum Gasteiger partial charge on any atom is 0.333 e. The van der Waals surface area contributed by atoms with Crippen molar-refractivity contribution in [3.8, 4) is 0 Å². The first kappa shape index (κ1) is 14.1. The maximum atomic E-state index is 10.8. The molecule has 0 amide bonds. The van der Waals surface area contributed by atoms with Crippen molar-refractivity contribution in [2.75, 3.05) is 6.61 Å². The second-order valence-electron chi connectivity index (χ2n) is 2.26. The van der Waals surface area contributed by atoms with E-state index in [4.69, 9.17) is 4.74 Å². The van der Waals surface area contributed by atoms with Crippen LogP contribution < -0.4 is 0 Å². The van der Waals surface area contributed by atoms with Gasteiger partial charge in [0.05, 0.1) is 0 Å². The molecule has 0 unspecified atom stereocenters. The second-order valence-corrected chi connectivity index (χ2v) is 2.26. The molecule has 0 saturated carbocycles. The first-order valence-corrected chi connectivity index (χ1v) is 3.66. The van der Waals surface area contributed by atoms with Gasteiger partial charge in [-0.25, -0.2) is 4.79 Å². The molecule has 0 aromatic rings. The molecule has 3 heteroatoms. The Balaban J connectivity index is 0. The predicted molar refractivity (Wildman–Crippen MR) is 45.2 cm³/mol. The summed E-state index contributed by atoms with van der Waals surface area (Å²) in [7, 11) is 0. The monoisotopic (exact) mass is 205 g/mol. The SMILES string of the molecule is C=C(C)C(=O)OCC=CCC.[V]. The van der Waals surface area contributed by atoms with Crippen molar-refractivity contribution >= 4 is 5.97 Å². The number of rotatable bonds is 4. The largest absolute Gasteiger partial charge is 0.458 e. The molecule has 0 aliphatic rings. The molecule has 12 heavy (non-hydrogen) atoms. The van der Waals surface area contributed by atoms with Crippen molar-refractivity contribution in [3.05, 3.63) is 24.3 Å². The molecule has 0 saturated heterocycles. The van der Waals surface area contributed by atoms with E-state index in [0.29, 0.717) is 12.2 Å². The first-order valence-electron chi connectivity index (χ1n) is 3.66. The fourth-order valence-electron chi connectivity index (χ4n) is 0.482. The van der Waals surface area contributed by atoms with Crippen LogP contribution in [-0.2, 0) is 28.1 Å². The van der Waals surface area contributed by atoms with Gasteiger partial charge in [-0.2, -0.15) is 0 Å². The van der Waals surface area contributed by atoms with Crippen LogP contribution in [-0.4, -0.2) is 12.6 Å². The fraction of sp³-hybridized carbons (Fsp3) is 0.444. The van der Waals surface area contributed by atoms with E-state index in [2.05, 4.69) is 6.58 Å². The number of carbonyl (C=O) groups is 1. The van der Waals surface area contributed by atoms with Crippen molar-refractivity contribution < 1.29 is 28.1 Å². The molecule has 67 valence electrons. The van der Waals surface area contributed by atoms with Crippen LogP contribution in [0.25, 0.3) is 0 Å². The number of allylic oxidation sites excluding steroid dienone is 1. The summed E-state index contributed by atoms with van der Waals surface area (Å²) in [4.78, 5) is 10.8. The average Bonchev–Trinajstić information content (AvgIpc) is 1.97. The van der Waals surface area contributed by atoms with E-state index >= 15 is 0 Å². The quantitative estimate of drug-likeness (QED) is 0.399. The molecule has 0 bridgehead atoms. The minimum absolute atomic E-state index is 0. The smallest absolute Gasteiger partial charge is 0.333 e. The van der Waals surface area contributed by atoms with Crippen LogP contribution in [0.3, 0.4) is 0 Å². The molecule has 0 spiro atoms. The second kappa shape index (κ2) is 8.63. The van der Waals surface area contributed by atoms with Gasteiger partial charge in [0.1, 0.15) is 6.61 Å². The summed E-state index contributed by atoms with van der Waals surface area (Å²) in [5, 5.41) is 0. The minimum atomic E-state index is -0.328. The molecule has 0 aromatic carbocycles. The van der Waals surface area contributed by atoms with Gasteiger partial charge >= 0.3 is 5.97 Å². The summed E-state index contributed by atoms with van der Waals surface area (Å²) in [5.74, 6) is -0.328. The summed E-state index contributed by atoms with van der Waals surface area (Å²) in [6.45, 7) is 7.46. The van der Waals surface area contributed by atoms with Crippen LogP contribution in [0.2, 0.25) is 0 Å². The third kappa shape index (κ3) is 7.64. The summed E-state index contributed by atoms with van der Waals surface area (Å²) < 4.78 is 4.78. The normalized spacial score (nSPS) is 9.17. The zero-order valence-corrected chi connectivity index (χ0v) is 8.94. The molecule has 2 nitrogen and oxygen atoms in total. The van der Waals surface area contributed by atoms with Crippen LogP contribution >= 0.6 is 0 Å².